The number of aromatic amines is 1. The normalized spacial score (nSPS) is 11.4. The van der Waals surface area contributed by atoms with Crippen molar-refractivity contribution in [3.8, 4) is 11.3 Å². The van der Waals surface area contributed by atoms with E-state index < -0.39 is 0 Å². The average molecular weight is 365 g/mol. The minimum atomic E-state index is 0.598. The van der Waals surface area contributed by atoms with Gasteiger partial charge in [-0.25, -0.2) is 4.98 Å². The number of aromatic nitrogens is 2. The van der Waals surface area contributed by atoms with E-state index in [9.17, 15) is 0 Å². The molecule has 2 nitrogen and oxygen atoms in total. The van der Waals surface area contributed by atoms with E-state index in [-0.39, 0.29) is 0 Å². The Morgan fingerprint density at radius 1 is 0.880 bits per heavy atom. The maximum Gasteiger partial charge on any atom is 0.130 e. The van der Waals surface area contributed by atoms with Gasteiger partial charge >= 0.3 is 0 Å². The monoisotopic (exact) mass is 364 g/mol. The van der Waals surface area contributed by atoms with Crippen LogP contribution in [0.2, 0.25) is 10.0 Å². The summed E-state index contributed by atoms with van der Waals surface area (Å²) in [7, 11) is 0. The largest absolute Gasteiger partial charge is 0.338 e. The SMILES string of the molecule is Clc1ccc(-c2cnc(/C=C/c3cccc4ccccc34)[nH]2)c(Cl)c1. The summed E-state index contributed by atoms with van der Waals surface area (Å²) in [6.07, 6.45) is 5.81. The smallest absolute Gasteiger partial charge is 0.130 e. The van der Waals surface area contributed by atoms with E-state index in [1.54, 1.807) is 12.3 Å². The van der Waals surface area contributed by atoms with Gasteiger partial charge in [0.25, 0.3) is 0 Å². The van der Waals surface area contributed by atoms with Gasteiger partial charge in [0.05, 0.1) is 16.9 Å². The fourth-order valence-electron chi connectivity index (χ4n) is 2.83. The average Bonchev–Trinajstić information content (AvgIpc) is 3.08. The third kappa shape index (κ3) is 3.32. The van der Waals surface area contributed by atoms with Crippen molar-refractivity contribution in [2.45, 2.75) is 0 Å². The van der Waals surface area contributed by atoms with Crippen molar-refractivity contribution in [2.24, 2.45) is 0 Å². The molecule has 0 fully saturated rings. The Kier molecular flexibility index (Phi) is 4.31. The second-order valence-corrected chi connectivity index (χ2v) is 6.55. The number of nitrogens with one attached hydrogen (secondary N) is 1. The van der Waals surface area contributed by atoms with E-state index in [4.69, 9.17) is 23.2 Å². The third-order valence-corrected chi connectivity index (χ3v) is 4.61. The molecule has 1 heterocycles. The van der Waals surface area contributed by atoms with Gasteiger partial charge in [-0.15, -0.1) is 0 Å². The zero-order chi connectivity index (χ0) is 17.2. The minimum Gasteiger partial charge on any atom is -0.338 e. The summed E-state index contributed by atoms with van der Waals surface area (Å²) in [5, 5.41) is 3.65. The second-order valence-electron chi connectivity index (χ2n) is 5.71. The highest BCUT2D eigenvalue weighted by atomic mass is 35.5. The van der Waals surface area contributed by atoms with Gasteiger partial charge in [0.2, 0.25) is 0 Å². The fraction of sp³-hybridized carbons (Fsp3) is 0. The van der Waals surface area contributed by atoms with Crippen LogP contribution in [-0.4, -0.2) is 9.97 Å². The molecule has 0 aliphatic carbocycles. The molecule has 0 unspecified atom stereocenters. The topological polar surface area (TPSA) is 28.7 Å². The van der Waals surface area contributed by atoms with Gasteiger partial charge < -0.3 is 4.98 Å². The Bertz CT molecular complexity index is 1070. The Balaban J connectivity index is 1.65. The van der Waals surface area contributed by atoms with Crippen molar-refractivity contribution in [1.29, 1.82) is 0 Å². The highest BCUT2D eigenvalue weighted by molar-refractivity contribution is 6.36. The third-order valence-electron chi connectivity index (χ3n) is 4.06. The molecule has 4 rings (SSSR count). The molecule has 4 aromatic rings. The predicted octanol–water partition coefficient (Wildman–Crippen LogP) is 6.71. The van der Waals surface area contributed by atoms with Gasteiger partial charge in [-0.2, -0.15) is 0 Å². The standard InChI is InChI=1S/C21H14Cl2N2/c22-16-9-10-18(19(23)12-16)20-13-24-21(25-20)11-8-15-6-3-5-14-4-1-2-7-17(14)15/h1-13H,(H,24,25)/b11-8+. The lowest BCUT2D eigenvalue weighted by molar-refractivity contribution is 1.27. The summed E-state index contributed by atoms with van der Waals surface area (Å²) < 4.78 is 0. The van der Waals surface area contributed by atoms with Crippen LogP contribution in [0.3, 0.4) is 0 Å². The zero-order valence-corrected chi connectivity index (χ0v) is 14.7. The van der Waals surface area contributed by atoms with Crippen LogP contribution in [0.1, 0.15) is 11.4 Å². The van der Waals surface area contributed by atoms with Gasteiger partial charge in [0.15, 0.2) is 0 Å². The van der Waals surface area contributed by atoms with Crippen LogP contribution in [0.25, 0.3) is 34.2 Å². The highest BCUT2D eigenvalue weighted by Gasteiger charge is 2.07. The van der Waals surface area contributed by atoms with E-state index in [1.165, 1.54) is 10.8 Å². The van der Waals surface area contributed by atoms with Crippen molar-refractivity contribution in [1.82, 2.24) is 9.97 Å². The summed E-state index contributed by atoms with van der Waals surface area (Å²) >= 11 is 12.2. The second kappa shape index (κ2) is 6.75. The van der Waals surface area contributed by atoms with Crippen LogP contribution in [0, 0.1) is 0 Å². The summed E-state index contributed by atoms with van der Waals surface area (Å²) in [4.78, 5) is 7.70. The summed E-state index contributed by atoms with van der Waals surface area (Å²) in [6.45, 7) is 0. The molecule has 0 aliphatic heterocycles. The molecule has 0 bridgehead atoms. The molecule has 0 saturated heterocycles. The van der Waals surface area contributed by atoms with Crippen molar-refractivity contribution < 1.29 is 0 Å². The Morgan fingerprint density at radius 3 is 2.60 bits per heavy atom. The van der Waals surface area contributed by atoms with Gasteiger partial charge in [-0.3, -0.25) is 0 Å². The Labute approximate surface area is 155 Å². The first-order valence-electron chi connectivity index (χ1n) is 7.87. The number of nitrogens with zero attached hydrogens (tertiary/aromatic N) is 1. The first-order chi connectivity index (χ1) is 12.2. The molecule has 0 saturated carbocycles. The molecule has 122 valence electrons. The van der Waals surface area contributed by atoms with E-state index in [1.807, 2.05) is 30.3 Å². The number of H-pyrrole nitrogens is 1. The Hall–Kier alpha value is -2.55. The number of hydrogen-bond acceptors (Lipinski definition) is 1. The molecule has 25 heavy (non-hydrogen) atoms. The van der Waals surface area contributed by atoms with Gasteiger partial charge in [-0.05, 0) is 40.6 Å². The van der Waals surface area contributed by atoms with Gasteiger partial charge in [-0.1, -0.05) is 71.7 Å². The number of rotatable bonds is 3. The fourth-order valence-corrected chi connectivity index (χ4v) is 3.34. The minimum absolute atomic E-state index is 0.598. The molecular weight excluding hydrogens is 351 g/mol. The molecule has 0 atom stereocenters. The first kappa shape index (κ1) is 15.9. The van der Waals surface area contributed by atoms with Crippen LogP contribution < -0.4 is 0 Å². The van der Waals surface area contributed by atoms with Crippen LogP contribution in [0.4, 0.5) is 0 Å². The number of halogens is 2. The summed E-state index contributed by atoms with van der Waals surface area (Å²) in [5.41, 5.74) is 2.89. The molecule has 1 aromatic heterocycles. The molecule has 0 radical (unpaired) electrons. The van der Waals surface area contributed by atoms with Crippen LogP contribution in [-0.2, 0) is 0 Å². The van der Waals surface area contributed by atoms with Crippen molar-refractivity contribution in [2.75, 3.05) is 0 Å². The lowest BCUT2D eigenvalue weighted by Gasteiger charge is -2.02. The van der Waals surface area contributed by atoms with E-state index in [2.05, 4.69) is 46.4 Å². The number of hydrogen-bond donors (Lipinski definition) is 1. The van der Waals surface area contributed by atoms with E-state index >= 15 is 0 Å². The van der Waals surface area contributed by atoms with Gasteiger partial charge in [0.1, 0.15) is 5.82 Å². The highest BCUT2D eigenvalue weighted by Crippen LogP contribution is 2.29. The van der Waals surface area contributed by atoms with Crippen molar-refractivity contribution in [3.05, 3.63) is 88.3 Å². The number of imidazole rings is 1. The van der Waals surface area contributed by atoms with Gasteiger partial charge in [0, 0.05) is 10.6 Å². The molecule has 0 amide bonds. The van der Waals surface area contributed by atoms with Crippen molar-refractivity contribution in [3.63, 3.8) is 0 Å². The van der Waals surface area contributed by atoms with Crippen molar-refractivity contribution >= 4 is 46.1 Å². The maximum atomic E-state index is 6.26. The number of fused-ring (bicyclic) bond motifs is 1. The predicted molar refractivity (Wildman–Crippen MR) is 107 cm³/mol. The first-order valence-corrected chi connectivity index (χ1v) is 8.62. The Morgan fingerprint density at radius 2 is 1.72 bits per heavy atom. The molecule has 0 spiro atoms. The van der Waals surface area contributed by atoms with E-state index in [0.29, 0.717) is 10.0 Å². The lowest BCUT2D eigenvalue weighted by Crippen LogP contribution is -1.81. The zero-order valence-electron chi connectivity index (χ0n) is 13.2. The molecule has 3 aromatic carbocycles. The molecular formula is C21H14Cl2N2. The van der Waals surface area contributed by atoms with Crippen LogP contribution in [0.5, 0.6) is 0 Å². The summed E-state index contributed by atoms with van der Waals surface area (Å²) in [6, 6.07) is 20.0. The quantitative estimate of drug-likeness (QED) is 0.430. The van der Waals surface area contributed by atoms with E-state index in [0.717, 1.165) is 22.6 Å². The molecule has 4 heteroatoms. The molecule has 1 N–H and O–H groups in total. The van der Waals surface area contributed by atoms with Crippen LogP contribution >= 0.6 is 23.2 Å². The van der Waals surface area contributed by atoms with Crippen LogP contribution in [0.15, 0.2) is 66.9 Å². The maximum absolute atomic E-state index is 6.26. The number of benzene rings is 3. The molecule has 0 aliphatic rings. The summed E-state index contributed by atoms with van der Waals surface area (Å²) in [5.74, 6) is 0.772. The lowest BCUT2D eigenvalue weighted by atomic mass is 10.0.